The molecular weight excluding hydrogens is 262 g/mol. The Hall–Kier alpha value is -1.77. The van der Waals surface area contributed by atoms with E-state index in [1.165, 1.54) is 33.3 Å². The van der Waals surface area contributed by atoms with Gasteiger partial charge in [0.15, 0.2) is 0 Å². The van der Waals surface area contributed by atoms with Crippen LogP contribution < -0.4 is 0 Å². The molecule has 1 aliphatic carbocycles. The fourth-order valence-corrected chi connectivity index (χ4v) is 3.65. The van der Waals surface area contributed by atoms with Crippen LogP contribution in [0.15, 0.2) is 12.1 Å². The second kappa shape index (κ2) is 4.90. The van der Waals surface area contributed by atoms with Gasteiger partial charge in [-0.25, -0.2) is 0 Å². The van der Waals surface area contributed by atoms with E-state index in [4.69, 9.17) is 0 Å². The van der Waals surface area contributed by atoms with Gasteiger partial charge >= 0.3 is 5.97 Å². The number of rotatable bonds is 2. The second-order valence-corrected chi connectivity index (χ2v) is 6.62. The van der Waals surface area contributed by atoms with Crippen molar-refractivity contribution in [1.82, 2.24) is 4.57 Å². The van der Waals surface area contributed by atoms with E-state index < -0.39 is 5.97 Å². The molecule has 0 bridgehead atoms. The molecule has 0 saturated heterocycles. The van der Waals surface area contributed by atoms with Crippen LogP contribution in [-0.2, 0) is 17.6 Å². The molecule has 0 aliphatic heterocycles. The largest absolute Gasteiger partial charge is 0.481 e. The van der Waals surface area contributed by atoms with Crippen LogP contribution in [0.25, 0.3) is 10.9 Å². The fraction of sp³-hybridized carbons (Fsp3) is 0.500. The van der Waals surface area contributed by atoms with Gasteiger partial charge in [0.2, 0.25) is 0 Å². The maximum atomic E-state index is 11.4. The first kappa shape index (κ1) is 14.2. The number of aromatic nitrogens is 1. The van der Waals surface area contributed by atoms with Gasteiger partial charge in [0.1, 0.15) is 0 Å². The lowest BCUT2D eigenvalue weighted by Crippen LogP contribution is -2.23. The van der Waals surface area contributed by atoms with E-state index in [0.29, 0.717) is 12.5 Å². The van der Waals surface area contributed by atoms with Gasteiger partial charge in [-0.2, -0.15) is 0 Å². The average molecular weight is 285 g/mol. The molecule has 1 N–H and O–H groups in total. The minimum Gasteiger partial charge on any atom is -0.481 e. The van der Waals surface area contributed by atoms with Gasteiger partial charge in [-0.15, -0.1) is 0 Å². The van der Waals surface area contributed by atoms with Crippen molar-refractivity contribution in [3.05, 3.63) is 34.5 Å². The molecule has 3 nitrogen and oxygen atoms in total. The lowest BCUT2D eigenvalue weighted by atomic mass is 9.86. The highest BCUT2D eigenvalue weighted by Crippen LogP contribution is 2.37. The number of hydrogen-bond acceptors (Lipinski definition) is 1. The van der Waals surface area contributed by atoms with Crippen LogP contribution in [0.4, 0.5) is 0 Å². The third kappa shape index (κ3) is 2.15. The predicted molar refractivity (Wildman–Crippen MR) is 84.9 cm³/mol. The van der Waals surface area contributed by atoms with E-state index in [-0.39, 0.29) is 5.92 Å². The Bertz CT molecular complexity index is 725. The Balaban J connectivity index is 2.28. The first-order valence-corrected chi connectivity index (χ1v) is 7.75. The Morgan fingerprint density at radius 2 is 1.95 bits per heavy atom. The van der Waals surface area contributed by atoms with Crippen LogP contribution in [0.2, 0.25) is 0 Å². The molecule has 1 aliphatic rings. The molecule has 21 heavy (non-hydrogen) atoms. The molecule has 1 atom stereocenters. The highest BCUT2D eigenvalue weighted by atomic mass is 16.4. The molecule has 0 fully saturated rings. The number of hydrogen-bond donors (Lipinski definition) is 1. The van der Waals surface area contributed by atoms with Crippen molar-refractivity contribution in [2.75, 3.05) is 0 Å². The molecule has 0 radical (unpaired) electrons. The van der Waals surface area contributed by atoms with Crippen LogP contribution in [-0.4, -0.2) is 15.6 Å². The summed E-state index contributed by atoms with van der Waals surface area (Å²) in [6.45, 7) is 8.69. The zero-order valence-electron chi connectivity index (χ0n) is 13.2. The molecule has 1 aromatic heterocycles. The van der Waals surface area contributed by atoms with Gasteiger partial charge in [-0.3, -0.25) is 4.79 Å². The number of aliphatic carboxylic acids is 1. The Labute approximate surface area is 125 Å². The topological polar surface area (TPSA) is 42.2 Å². The van der Waals surface area contributed by atoms with Crippen molar-refractivity contribution < 1.29 is 9.90 Å². The first-order chi connectivity index (χ1) is 9.90. The summed E-state index contributed by atoms with van der Waals surface area (Å²) in [6, 6.07) is 4.91. The number of nitrogens with zero attached hydrogens (tertiary/aromatic N) is 1. The summed E-state index contributed by atoms with van der Waals surface area (Å²) in [5, 5.41) is 10.6. The normalized spacial score (nSPS) is 18.2. The first-order valence-electron chi connectivity index (χ1n) is 7.75. The minimum absolute atomic E-state index is 0.231. The number of carboxylic acid groups (broad SMARTS) is 1. The quantitative estimate of drug-likeness (QED) is 0.905. The van der Waals surface area contributed by atoms with E-state index >= 15 is 0 Å². The van der Waals surface area contributed by atoms with Gasteiger partial charge in [0.25, 0.3) is 0 Å². The van der Waals surface area contributed by atoms with Crippen molar-refractivity contribution in [3.8, 4) is 0 Å². The molecule has 1 aromatic carbocycles. The number of aryl methyl sites for hydroxylation is 2. The van der Waals surface area contributed by atoms with Gasteiger partial charge in [-0.1, -0.05) is 0 Å². The van der Waals surface area contributed by atoms with E-state index in [0.717, 1.165) is 12.8 Å². The Morgan fingerprint density at radius 3 is 2.57 bits per heavy atom. The molecule has 2 aromatic rings. The van der Waals surface area contributed by atoms with Gasteiger partial charge in [0.05, 0.1) is 5.92 Å². The molecule has 3 heteroatoms. The van der Waals surface area contributed by atoms with Crippen LogP contribution in [0.1, 0.15) is 48.7 Å². The van der Waals surface area contributed by atoms with Crippen molar-refractivity contribution in [3.63, 3.8) is 0 Å². The van der Waals surface area contributed by atoms with Crippen molar-refractivity contribution >= 4 is 16.9 Å². The maximum Gasteiger partial charge on any atom is 0.306 e. The summed E-state index contributed by atoms with van der Waals surface area (Å²) < 4.78 is 2.41. The lowest BCUT2D eigenvalue weighted by Gasteiger charge is -2.22. The molecule has 0 saturated carbocycles. The van der Waals surface area contributed by atoms with Gasteiger partial charge in [0, 0.05) is 22.6 Å². The van der Waals surface area contributed by atoms with Gasteiger partial charge in [-0.05, 0) is 75.8 Å². The molecule has 1 heterocycles. The summed E-state index contributed by atoms with van der Waals surface area (Å²) >= 11 is 0. The number of carbonyl (C=O) groups is 1. The Kier molecular flexibility index (Phi) is 3.31. The number of fused-ring (bicyclic) bond motifs is 3. The average Bonchev–Trinajstić information content (AvgIpc) is 2.72. The zero-order valence-corrected chi connectivity index (χ0v) is 13.2. The summed E-state index contributed by atoms with van der Waals surface area (Å²) in [6.07, 6.45) is 2.30. The standard InChI is InChI=1S/C18H23NO2/c1-10(2)19-16-6-5-13(18(20)21)9-15(16)14-7-11(3)12(4)8-17(14)19/h7-8,10,13H,5-6,9H2,1-4H3,(H,20,21). The van der Waals surface area contributed by atoms with Crippen molar-refractivity contribution in [1.29, 1.82) is 0 Å². The molecule has 0 spiro atoms. The molecule has 0 amide bonds. The third-order valence-corrected chi connectivity index (χ3v) is 4.88. The molecule has 3 rings (SSSR count). The molecular formula is C18H23NO2. The van der Waals surface area contributed by atoms with E-state index in [2.05, 4.69) is 44.4 Å². The highest BCUT2D eigenvalue weighted by molar-refractivity contribution is 5.88. The lowest BCUT2D eigenvalue weighted by molar-refractivity contribution is -0.142. The summed E-state index contributed by atoms with van der Waals surface area (Å²) in [7, 11) is 0. The highest BCUT2D eigenvalue weighted by Gasteiger charge is 2.29. The van der Waals surface area contributed by atoms with E-state index in [1.807, 2.05) is 0 Å². The monoisotopic (exact) mass is 285 g/mol. The van der Waals surface area contributed by atoms with Gasteiger partial charge < -0.3 is 9.67 Å². The van der Waals surface area contributed by atoms with Crippen molar-refractivity contribution in [2.45, 2.75) is 53.0 Å². The van der Waals surface area contributed by atoms with E-state index in [9.17, 15) is 9.90 Å². The Morgan fingerprint density at radius 1 is 1.29 bits per heavy atom. The minimum atomic E-state index is -0.657. The smallest absolute Gasteiger partial charge is 0.306 e. The molecule has 1 unspecified atom stereocenters. The van der Waals surface area contributed by atoms with Crippen LogP contribution in [0.5, 0.6) is 0 Å². The van der Waals surface area contributed by atoms with Crippen LogP contribution in [0, 0.1) is 19.8 Å². The summed E-state index contributed by atoms with van der Waals surface area (Å²) in [5.41, 5.74) is 6.46. The van der Waals surface area contributed by atoms with E-state index in [1.54, 1.807) is 0 Å². The number of benzene rings is 1. The SMILES string of the molecule is Cc1cc2c3c(n(C(C)C)c2cc1C)CCC(C(=O)O)C3. The van der Waals surface area contributed by atoms with Crippen LogP contribution >= 0.6 is 0 Å². The predicted octanol–water partition coefficient (Wildman–Crippen LogP) is 4.03. The maximum absolute atomic E-state index is 11.4. The second-order valence-electron chi connectivity index (χ2n) is 6.62. The van der Waals surface area contributed by atoms with Crippen LogP contribution in [0.3, 0.4) is 0 Å². The fourth-order valence-electron chi connectivity index (χ4n) is 3.65. The zero-order chi connectivity index (χ0) is 15.3. The molecule has 112 valence electrons. The number of carboxylic acids is 1. The van der Waals surface area contributed by atoms with Crippen molar-refractivity contribution in [2.24, 2.45) is 5.92 Å². The third-order valence-electron chi connectivity index (χ3n) is 4.88. The summed E-state index contributed by atoms with van der Waals surface area (Å²) in [4.78, 5) is 11.4. The summed E-state index contributed by atoms with van der Waals surface area (Å²) in [5.74, 6) is -0.889.